The van der Waals surface area contributed by atoms with Gasteiger partial charge in [-0.2, -0.15) is 0 Å². The van der Waals surface area contributed by atoms with Crippen LogP contribution >= 0.6 is 0 Å². The number of fused-ring (bicyclic) bond motifs is 1. The lowest BCUT2D eigenvalue weighted by molar-refractivity contribution is -0.113. The number of aldehydes is 1. The Balaban J connectivity index is 2.44. The van der Waals surface area contributed by atoms with E-state index in [1.54, 1.807) is 7.05 Å². The second kappa shape index (κ2) is 4.80. The van der Waals surface area contributed by atoms with Crippen molar-refractivity contribution in [1.29, 1.82) is 0 Å². The second-order valence-electron chi connectivity index (χ2n) is 4.69. The molecule has 2 N–H and O–H groups in total. The van der Waals surface area contributed by atoms with Crippen molar-refractivity contribution in [2.24, 2.45) is 0 Å². The summed E-state index contributed by atoms with van der Waals surface area (Å²) in [5.74, 6) is 0.323. The van der Waals surface area contributed by atoms with E-state index in [0.29, 0.717) is 12.3 Å². The van der Waals surface area contributed by atoms with E-state index < -0.39 is 5.54 Å². The largest absolute Gasteiger partial charge is 0.341 e. The monoisotopic (exact) mass is 246 g/mol. The zero-order valence-corrected chi connectivity index (χ0v) is 10.7. The van der Waals surface area contributed by atoms with Crippen molar-refractivity contribution in [2.75, 3.05) is 7.05 Å². The zero-order chi connectivity index (χ0) is 13.2. The molecule has 0 heterocycles. The number of urea groups is 1. The van der Waals surface area contributed by atoms with Crippen molar-refractivity contribution in [3.8, 4) is 0 Å². The number of nitrogens with one attached hydrogen (secondary N) is 2. The molecular formula is C14H18N2O2. The molecule has 0 bridgehead atoms. The van der Waals surface area contributed by atoms with Crippen molar-refractivity contribution < 1.29 is 9.59 Å². The maximum Gasteiger partial charge on any atom is 0.315 e. The van der Waals surface area contributed by atoms with E-state index in [2.05, 4.69) is 17.6 Å². The fourth-order valence-corrected chi connectivity index (χ4v) is 2.76. The van der Waals surface area contributed by atoms with Gasteiger partial charge in [-0.3, -0.25) is 0 Å². The van der Waals surface area contributed by atoms with E-state index in [1.807, 2.05) is 24.3 Å². The third kappa shape index (κ3) is 1.88. The van der Waals surface area contributed by atoms with Gasteiger partial charge in [0.2, 0.25) is 0 Å². The van der Waals surface area contributed by atoms with Crippen LogP contribution in [0.2, 0.25) is 0 Å². The molecule has 0 fully saturated rings. The van der Waals surface area contributed by atoms with Gasteiger partial charge in [0.05, 0.1) is 0 Å². The summed E-state index contributed by atoms with van der Waals surface area (Å²) in [7, 11) is 1.55. The molecule has 1 aliphatic rings. The summed E-state index contributed by atoms with van der Waals surface area (Å²) in [4.78, 5) is 23.1. The van der Waals surface area contributed by atoms with Crippen LogP contribution < -0.4 is 10.6 Å². The Bertz CT molecular complexity index is 473. The van der Waals surface area contributed by atoms with Gasteiger partial charge >= 0.3 is 6.03 Å². The van der Waals surface area contributed by atoms with Gasteiger partial charge < -0.3 is 15.4 Å². The molecule has 0 aliphatic heterocycles. The summed E-state index contributed by atoms with van der Waals surface area (Å²) in [5, 5.41) is 5.30. The van der Waals surface area contributed by atoms with Crippen LogP contribution in [-0.4, -0.2) is 19.4 Å². The minimum absolute atomic E-state index is 0.323. The van der Waals surface area contributed by atoms with Gasteiger partial charge in [0.1, 0.15) is 11.8 Å². The molecule has 1 aromatic rings. The van der Waals surface area contributed by atoms with Crippen LogP contribution in [0.3, 0.4) is 0 Å². The molecule has 2 rings (SSSR count). The van der Waals surface area contributed by atoms with Gasteiger partial charge in [-0.05, 0) is 29.9 Å². The molecule has 0 radical (unpaired) electrons. The molecule has 96 valence electrons. The van der Waals surface area contributed by atoms with E-state index in [9.17, 15) is 9.59 Å². The van der Waals surface area contributed by atoms with Crippen LogP contribution in [0.5, 0.6) is 0 Å². The van der Waals surface area contributed by atoms with Crippen molar-refractivity contribution in [3.05, 3.63) is 35.4 Å². The van der Waals surface area contributed by atoms with Crippen LogP contribution in [0.1, 0.15) is 36.8 Å². The molecule has 0 spiro atoms. The van der Waals surface area contributed by atoms with Crippen LogP contribution in [0.25, 0.3) is 0 Å². The molecule has 18 heavy (non-hydrogen) atoms. The maximum absolute atomic E-state index is 11.6. The summed E-state index contributed by atoms with van der Waals surface area (Å²) >= 11 is 0. The van der Waals surface area contributed by atoms with Crippen molar-refractivity contribution >= 4 is 12.3 Å². The summed E-state index contributed by atoms with van der Waals surface area (Å²) in [6, 6.07) is 7.52. The Hall–Kier alpha value is -1.84. The standard InChI is InChI=1S/C14H18N2O2/c1-3-10-8-14(9-17,16-13(18)15-2)12-7-5-4-6-11(10)12/h4-7,9-10H,3,8H2,1-2H3,(H2,15,16,18). The van der Waals surface area contributed by atoms with Crippen LogP contribution in [0, 0.1) is 0 Å². The van der Waals surface area contributed by atoms with E-state index >= 15 is 0 Å². The summed E-state index contributed by atoms with van der Waals surface area (Å²) in [6.07, 6.45) is 2.46. The number of benzene rings is 1. The first-order valence-corrected chi connectivity index (χ1v) is 6.22. The van der Waals surface area contributed by atoms with Gasteiger partial charge in [-0.15, -0.1) is 0 Å². The third-order valence-electron chi connectivity index (χ3n) is 3.71. The molecule has 1 aromatic carbocycles. The third-order valence-corrected chi connectivity index (χ3v) is 3.71. The quantitative estimate of drug-likeness (QED) is 0.800. The van der Waals surface area contributed by atoms with Gasteiger partial charge in [-0.25, -0.2) is 4.79 Å². The highest BCUT2D eigenvalue weighted by atomic mass is 16.2. The second-order valence-corrected chi connectivity index (χ2v) is 4.69. The van der Waals surface area contributed by atoms with Crippen molar-refractivity contribution in [1.82, 2.24) is 10.6 Å². The first-order valence-electron chi connectivity index (χ1n) is 6.22. The number of hydrogen-bond donors (Lipinski definition) is 2. The average Bonchev–Trinajstić information content (AvgIpc) is 2.74. The average molecular weight is 246 g/mol. The van der Waals surface area contributed by atoms with Crippen molar-refractivity contribution in [3.63, 3.8) is 0 Å². The van der Waals surface area contributed by atoms with E-state index in [0.717, 1.165) is 18.3 Å². The normalized spacial score (nSPS) is 25.3. The summed E-state index contributed by atoms with van der Waals surface area (Å²) in [5.41, 5.74) is 1.22. The molecule has 4 heteroatoms. The highest BCUT2D eigenvalue weighted by Crippen LogP contribution is 2.44. The number of rotatable bonds is 3. The van der Waals surface area contributed by atoms with Gasteiger partial charge in [0.25, 0.3) is 0 Å². The molecule has 0 saturated heterocycles. The van der Waals surface area contributed by atoms with E-state index in [4.69, 9.17) is 0 Å². The predicted molar refractivity (Wildman–Crippen MR) is 69.4 cm³/mol. The van der Waals surface area contributed by atoms with Gasteiger partial charge in [0, 0.05) is 7.05 Å². The Labute approximate surface area is 107 Å². The zero-order valence-electron chi connectivity index (χ0n) is 10.7. The van der Waals surface area contributed by atoms with E-state index in [-0.39, 0.29) is 6.03 Å². The van der Waals surface area contributed by atoms with Crippen LogP contribution in [0.4, 0.5) is 4.79 Å². The van der Waals surface area contributed by atoms with Crippen LogP contribution in [-0.2, 0) is 10.3 Å². The first-order chi connectivity index (χ1) is 8.66. The number of carbonyl (C=O) groups is 2. The fourth-order valence-electron chi connectivity index (χ4n) is 2.76. The summed E-state index contributed by atoms with van der Waals surface area (Å²) in [6.45, 7) is 2.10. The lowest BCUT2D eigenvalue weighted by Crippen LogP contribution is -2.49. The molecule has 4 nitrogen and oxygen atoms in total. The first kappa shape index (κ1) is 12.6. The Morgan fingerprint density at radius 3 is 2.83 bits per heavy atom. The van der Waals surface area contributed by atoms with Gasteiger partial charge in [-0.1, -0.05) is 31.2 Å². The van der Waals surface area contributed by atoms with Crippen LogP contribution in [0.15, 0.2) is 24.3 Å². The topological polar surface area (TPSA) is 58.2 Å². The maximum atomic E-state index is 11.6. The molecular weight excluding hydrogens is 228 g/mol. The fraction of sp³-hybridized carbons (Fsp3) is 0.429. The smallest absolute Gasteiger partial charge is 0.315 e. The minimum atomic E-state index is -0.878. The Morgan fingerprint density at radius 1 is 1.50 bits per heavy atom. The highest BCUT2D eigenvalue weighted by molar-refractivity contribution is 5.82. The van der Waals surface area contributed by atoms with Crippen molar-refractivity contribution in [2.45, 2.75) is 31.2 Å². The molecule has 1 aliphatic carbocycles. The number of carbonyl (C=O) groups excluding carboxylic acids is 2. The van der Waals surface area contributed by atoms with E-state index in [1.165, 1.54) is 5.56 Å². The highest BCUT2D eigenvalue weighted by Gasteiger charge is 2.44. The van der Waals surface area contributed by atoms with Gasteiger partial charge in [0.15, 0.2) is 0 Å². The molecule has 2 atom stereocenters. The Kier molecular flexibility index (Phi) is 3.36. The molecule has 0 saturated carbocycles. The number of hydrogen-bond acceptors (Lipinski definition) is 2. The Morgan fingerprint density at radius 2 is 2.22 bits per heavy atom. The lowest BCUT2D eigenvalue weighted by atomic mass is 9.93. The molecule has 2 amide bonds. The number of amides is 2. The molecule has 0 aromatic heterocycles. The lowest BCUT2D eigenvalue weighted by Gasteiger charge is -2.25. The predicted octanol–water partition coefficient (Wildman–Crippen LogP) is 1.91. The molecule has 2 unspecified atom stereocenters. The SMILES string of the molecule is CCC1CC(C=O)(NC(=O)NC)c2ccccc21. The summed E-state index contributed by atoms with van der Waals surface area (Å²) < 4.78 is 0. The minimum Gasteiger partial charge on any atom is -0.341 e.